The molecule has 0 spiro atoms. The van der Waals surface area contributed by atoms with E-state index in [2.05, 4.69) is 10.4 Å². The quantitative estimate of drug-likeness (QED) is 0.649. The first-order valence-corrected chi connectivity index (χ1v) is 8.31. The number of aryl methyl sites for hydroxylation is 1. The Kier molecular flexibility index (Phi) is 6.31. The fourth-order valence-corrected chi connectivity index (χ4v) is 2.43. The highest BCUT2D eigenvalue weighted by Gasteiger charge is 2.16. The van der Waals surface area contributed by atoms with Gasteiger partial charge in [0.05, 0.1) is 17.5 Å². The fourth-order valence-electron chi connectivity index (χ4n) is 1.71. The highest BCUT2D eigenvalue weighted by Crippen LogP contribution is 2.07. The summed E-state index contributed by atoms with van der Waals surface area (Å²) >= 11 is 0. The van der Waals surface area contributed by atoms with E-state index in [1.165, 1.54) is 20.3 Å². The normalized spacial score (nSPS) is 11.9. The molecule has 1 amide bonds. The van der Waals surface area contributed by atoms with Crippen LogP contribution in [0.3, 0.4) is 0 Å². The fraction of sp³-hybridized carbons (Fsp3) is 0.667. The minimum Gasteiger partial charge on any atom is -0.351 e. The first-order valence-electron chi connectivity index (χ1n) is 6.70. The molecule has 120 valence electrons. The van der Waals surface area contributed by atoms with E-state index in [9.17, 15) is 13.2 Å². The molecule has 1 aromatic heterocycles. The van der Waals surface area contributed by atoms with Crippen molar-refractivity contribution in [1.29, 1.82) is 0 Å². The molecule has 0 fully saturated rings. The maximum atomic E-state index is 12.0. The van der Waals surface area contributed by atoms with Crippen molar-refractivity contribution < 1.29 is 13.2 Å². The molecular weight excluding hydrogens is 294 g/mol. The second-order valence-electron chi connectivity index (χ2n) is 4.86. The van der Waals surface area contributed by atoms with E-state index >= 15 is 0 Å². The van der Waals surface area contributed by atoms with Crippen LogP contribution in [-0.4, -0.2) is 61.3 Å². The SMILES string of the molecule is Cc1c(C(=O)NCCS(=O)(=O)N(C)C)cnn1CCCN. The molecule has 0 aromatic carbocycles. The lowest BCUT2D eigenvalue weighted by molar-refractivity contribution is 0.0955. The smallest absolute Gasteiger partial charge is 0.254 e. The van der Waals surface area contributed by atoms with E-state index in [0.29, 0.717) is 18.7 Å². The predicted octanol–water partition coefficient (Wildman–Crippen LogP) is -0.838. The van der Waals surface area contributed by atoms with Crippen molar-refractivity contribution in [3.63, 3.8) is 0 Å². The zero-order valence-corrected chi connectivity index (χ0v) is 13.5. The average molecular weight is 317 g/mol. The number of aromatic nitrogens is 2. The number of carbonyl (C=O) groups is 1. The number of amides is 1. The van der Waals surface area contributed by atoms with Gasteiger partial charge in [-0.05, 0) is 19.9 Å². The summed E-state index contributed by atoms with van der Waals surface area (Å²) in [6.45, 7) is 3.08. The Morgan fingerprint density at radius 1 is 1.48 bits per heavy atom. The summed E-state index contributed by atoms with van der Waals surface area (Å²) in [7, 11) is -0.387. The lowest BCUT2D eigenvalue weighted by Gasteiger charge is -2.11. The van der Waals surface area contributed by atoms with E-state index in [4.69, 9.17) is 5.73 Å². The standard InChI is InChI=1S/C12H23N5O3S/c1-10-11(9-15-17(10)7-4-5-13)12(18)14-6-8-21(19,20)16(2)3/h9H,4-8,13H2,1-3H3,(H,14,18). The Bertz CT molecular complexity index is 580. The second kappa shape index (κ2) is 7.53. The van der Waals surface area contributed by atoms with Crippen LogP contribution in [0, 0.1) is 6.92 Å². The van der Waals surface area contributed by atoms with Gasteiger partial charge < -0.3 is 11.1 Å². The lowest BCUT2D eigenvalue weighted by Crippen LogP contribution is -2.34. The second-order valence-corrected chi connectivity index (χ2v) is 7.17. The van der Waals surface area contributed by atoms with E-state index < -0.39 is 10.0 Å². The molecule has 1 aromatic rings. The molecule has 0 bridgehead atoms. The minimum atomic E-state index is -3.31. The van der Waals surface area contributed by atoms with Crippen molar-refractivity contribution in [3.05, 3.63) is 17.5 Å². The largest absolute Gasteiger partial charge is 0.351 e. The number of hydrogen-bond acceptors (Lipinski definition) is 5. The van der Waals surface area contributed by atoms with Crippen molar-refractivity contribution in [2.45, 2.75) is 19.9 Å². The lowest BCUT2D eigenvalue weighted by atomic mass is 10.2. The summed E-state index contributed by atoms with van der Waals surface area (Å²) in [4.78, 5) is 12.0. The number of nitrogens with one attached hydrogen (secondary N) is 1. The zero-order chi connectivity index (χ0) is 16.0. The van der Waals surface area contributed by atoms with E-state index in [1.54, 1.807) is 11.6 Å². The third-order valence-corrected chi connectivity index (χ3v) is 4.96. The van der Waals surface area contributed by atoms with Crippen LogP contribution >= 0.6 is 0 Å². The number of sulfonamides is 1. The Morgan fingerprint density at radius 3 is 2.71 bits per heavy atom. The van der Waals surface area contributed by atoms with Gasteiger partial charge in [0.25, 0.3) is 5.91 Å². The van der Waals surface area contributed by atoms with Gasteiger partial charge in [-0.3, -0.25) is 9.48 Å². The topological polar surface area (TPSA) is 110 Å². The molecular formula is C12H23N5O3S. The van der Waals surface area contributed by atoms with Crippen molar-refractivity contribution in [2.75, 3.05) is 32.9 Å². The number of hydrogen-bond donors (Lipinski definition) is 2. The van der Waals surface area contributed by atoms with E-state index in [-0.39, 0.29) is 18.2 Å². The van der Waals surface area contributed by atoms with Crippen molar-refractivity contribution in [3.8, 4) is 0 Å². The van der Waals surface area contributed by atoms with Gasteiger partial charge in [0.2, 0.25) is 10.0 Å². The van der Waals surface area contributed by atoms with Crippen LogP contribution in [0.25, 0.3) is 0 Å². The molecule has 0 atom stereocenters. The van der Waals surface area contributed by atoms with Crippen LogP contribution in [0.1, 0.15) is 22.5 Å². The first kappa shape index (κ1) is 17.6. The Labute approximate surface area is 125 Å². The molecule has 1 rings (SSSR count). The summed E-state index contributed by atoms with van der Waals surface area (Å²) in [5.41, 5.74) is 6.64. The monoisotopic (exact) mass is 317 g/mol. The molecule has 3 N–H and O–H groups in total. The molecule has 0 saturated carbocycles. The molecule has 0 aliphatic heterocycles. The van der Waals surface area contributed by atoms with Gasteiger partial charge in [0.15, 0.2) is 0 Å². The van der Waals surface area contributed by atoms with E-state index in [0.717, 1.165) is 16.4 Å². The molecule has 8 nitrogen and oxygen atoms in total. The Hall–Kier alpha value is -1.45. The number of rotatable bonds is 8. The van der Waals surface area contributed by atoms with Crippen LogP contribution in [0.15, 0.2) is 6.20 Å². The summed E-state index contributed by atoms with van der Waals surface area (Å²) in [5, 5.41) is 6.73. The summed E-state index contributed by atoms with van der Waals surface area (Å²) < 4.78 is 26.0. The van der Waals surface area contributed by atoms with Gasteiger partial charge >= 0.3 is 0 Å². The van der Waals surface area contributed by atoms with Crippen molar-refractivity contribution in [1.82, 2.24) is 19.4 Å². The highest BCUT2D eigenvalue weighted by atomic mass is 32.2. The summed E-state index contributed by atoms with van der Waals surface area (Å²) in [6.07, 6.45) is 2.27. The predicted molar refractivity (Wildman–Crippen MR) is 80.4 cm³/mol. The minimum absolute atomic E-state index is 0.0623. The maximum absolute atomic E-state index is 12.0. The van der Waals surface area contributed by atoms with Crippen LogP contribution in [0.4, 0.5) is 0 Å². The van der Waals surface area contributed by atoms with E-state index in [1.807, 2.05) is 0 Å². The van der Waals surface area contributed by atoms with Crippen LogP contribution < -0.4 is 11.1 Å². The molecule has 21 heavy (non-hydrogen) atoms. The van der Waals surface area contributed by atoms with Crippen molar-refractivity contribution in [2.24, 2.45) is 5.73 Å². The van der Waals surface area contributed by atoms with Gasteiger partial charge in [0, 0.05) is 32.9 Å². The molecule has 0 aliphatic rings. The zero-order valence-electron chi connectivity index (χ0n) is 12.7. The highest BCUT2D eigenvalue weighted by molar-refractivity contribution is 7.89. The summed E-state index contributed by atoms with van der Waals surface area (Å²) in [5.74, 6) is -0.452. The molecule has 9 heteroatoms. The first-order chi connectivity index (χ1) is 9.79. The van der Waals surface area contributed by atoms with Gasteiger partial charge in [-0.2, -0.15) is 5.10 Å². The number of carbonyl (C=O) groups excluding carboxylic acids is 1. The van der Waals surface area contributed by atoms with Gasteiger partial charge in [-0.1, -0.05) is 0 Å². The molecule has 1 heterocycles. The van der Waals surface area contributed by atoms with Gasteiger partial charge in [-0.25, -0.2) is 12.7 Å². The third-order valence-electron chi connectivity index (χ3n) is 3.12. The maximum Gasteiger partial charge on any atom is 0.254 e. The molecule has 0 saturated heterocycles. The number of nitrogens with zero attached hydrogens (tertiary/aromatic N) is 3. The number of nitrogens with two attached hydrogens (primary N) is 1. The van der Waals surface area contributed by atoms with Crippen LogP contribution in [0.5, 0.6) is 0 Å². The molecule has 0 aliphatic carbocycles. The molecule has 0 unspecified atom stereocenters. The van der Waals surface area contributed by atoms with Crippen molar-refractivity contribution >= 4 is 15.9 Å². The molecule has 0 radical (unpaired) electrons. The van der Waals surface area contributed by atoms with Crippen LogP contribution in [0.2, 0.25) is 0 Å². The Balaban J connectivity index is 2.59. The Morgan fingerprint density at radius 2 is 2.14 bits per heavy atom. The third kappa shape index (κ3) is 4.80. The van der Waals surface area contributed by atoms with Crippen LogP contribution in [-0.2, 0) is 16.6 Å². The van der Waals surface area contributed by atoms with Gasteiger partial charge in [0.1, 0.15) is 0 Å². The van der Waals surface area contributed by atoms with Gasteiger partial charge in [-0.15, -0.1) is 0 Å². The summed E-state index contributed by atoms with van der Waals surface area (Å²) in [6, 6.07) is 0. The average Bonchev–Trinajstić information content (AvgIpc) is 2.77.